The van der Waals surface area contributed by atoms with Crippen LogP contribution in [0.3, 0.4) is 0 Å². The molecule has 1 rings (SSSR count). The lowest BCUT2D eigenvalue weighted by Crippen LogP contribution is -2.24. The highest BCUT2D eigenvalue weighted by atomic mass is 32.2. The molecule has 1 unspecified atom stereocenters. The van der Waals surface area contributed by atoms with Crippen molar-refractivity contribution in [3.05, 3.63) is 34.9 Å². The van der Waals surface area contributed by atoms with Crippen LogP contribution < -0.4 is 5.32 Å². The fourth-order valence-electron chi connectivity index (χ4n) is 1.88. The van der Waals surface area contributed by atoms with Crippen LogP contribution in [0.15, 0.2) is 18.2 Å². The lowest BCUT2D eigenvalue weighted by atomic mass is 10.00. The maximum atomic E-state index is 3.58. The molecule has 0 saturated heterocycles. The maximum Gasteiger partial charge on any atom is 0.0414 e. The zero-order chi connectivity index (χ0) is 12.0. The Morgan fingerprint density at radius 3 is 2.62 bits per heavy atom. The van der Waals surface area contributed by atoms with Crippen LogP contribution >= 0.6 is 11.8 Å². The zero-order valence-electron chi connectivity index (χ0n) is 10.8. The Labute approximate surface area is 104 Å². The largest absolute Gasteiger partial charge is 0.310 e. The van der Waals surface area contributed by atoms with Gasteiger partial charge in [-0.3, -0.25) is 0 Å². The van der Waals surface area contributed by atoms with E-state index in [1.807, 2.05) is 11.8 Å². The number of benzene rings is 1. The van der Waals surface area contributed by atoms with E-state index >= 15 is 0 Å². The normalized spacial score (nSPS) is 12.8. The number of hydrogen-bond donors (Lipinski definition) is 1. The average molecular weight is 237 g/mol. The van der Waals surface area contributed by atoms with Gasteiger partial charge in [0.1, 0.15) is 0 Å². The number of hydrogen-bond acceptors (Lipinski definition) is 2. The van der Waals surface area contributed by atoms with E-state index in [2.05, 4.69) is 51.2 Å². The first-order chi connectivity index (χ1) is 7.69. The highest BCUT2D eigenvalue weighted by Gasteiger charge is 2.12. The quantitative estimate of drug-likeness (QED) is 0.809. The third-order valence-corrected chi connectivity index (χ3v) is 3.73. The van der Waals surface area contributed by atoms with Crippen LogP contribution in [-0.4, -0.2) is 18.1 Å². The molecule has 0 amide bonds. The topological polar surface area (TPSA) is 12.0 Å². The Balaban J connectivity index is 2.85. The molecule has 0 radical (unpaired) electrons. The van der Waals surface area contributed by atoms with Gasteiger partial charge in [-0.2, -0.15) is 11.8 Å². The molecular weight excluding hydrogens is 214 g/mol. The van der Waals surface area contributed by atoms with Gasteiger partial charge in [0, 0.05) is 11.8 Å². The van der Waals surface area contributed by atoms with E-state index < -0.39 is 0 Å². The Morgan fingerprint density at radius 2 is 2.00 bits per heavy atom. The predicted molar refractivity (Wildman–Crippen MR) is 75.3 cm³/mol. The summed E-state index contributed by atoms with van der Waals surface area (Å²) in [5.74, 6) is 2.35. The van der Waals surface area contributed by atoms with Crippen LogP contribution in [0.4, 0.5) is 0 Å². The monoisotopic (exact) mass is 237 g/mol. The Kier molecular flexibility index (Phi) is 5.93. The van der Waals surface area contributed by atoms with Crippen molar-refractivity contribution in [2.75, 3.05) is 18.1 Å². The summed E-state index contributed by atoms with van der Waals surface area (Å²) in [7, 11) is 0. The molecule has 0 aliphatic carbocycles. The average Bonchev–Trinajstić information content (AvgIpc) is 2.28. The summed E-state index contributed by atoms with van der Waals surface area (Å²) in [4.78, 5) is 0. The van der Waals surface area contributed by atoms with Crippen molar-refractivity contribution < 1.29 is 0 Å². The molecule has 0 aromatic heterocycles. The third kappa shape index (κ3) is 3.84. The molecule has 90 valence electrons. The highest BCUT2D eigenvalue weighted by Crippen LogP contribution is 2.22. The third-order valence-electron chi connectivity index (χ3n) is 2.75. The van der Waals surface area contributed by atoms with Gasteiger partial charge in [0.25, 0.3) is 0 Å². The second kappa shape index (κ2) is 6.97. The summed E-state index contributed by atoms with van der Waals surface area (Å²) in [6.45, 7) is 9.79. The molecule has 1 nitrogen and oxygen atoms in total. The molecule has 0 heterocycles. The molecule has 0 aliphatic rings. The predicted octanol–water partition coefficient (Wildman–Crippen LogP) is 3.71. The Morgan fingerprint density at radius 1 is 1.25 bits per heavy atom. The van der Waals surface area contributed by atoms with E-state index in [0.29, 0.717) is 6.04 Å². The van der Waals surface area contributed by atoms with Gasteiger partial charge >= 0.3 is 0 Å². The van der Waals surface area contributed by atoms with Gasteiger partial charge in [-0.05, 0) is 37.3 Å². The van der Waals surface area contributed by atoms with Crippen molar-refractivity contribution >= 4 is 11.8 Å². The van der Waals surface area contributed by atoms with Gasteiger partial charge in [0.15, 0.2) is 0 Å². The smallest absolute Gasteiger partial charge is 0.0414 e. The van der Waals surface area contributed by atoms with Crippen molar-refractivity contribution in [3.63, 3.8) is 0 Å². The Hall–Kier alpha value is -0.470. The molecule has 2 heteroatoms. The summed E-state index contributed by atoms with van der Waals surface area (Å²) >= 11 is 2.00. The van der Waals surface area contributed by atoms with Crippen molar-refractivity contribution in [3.8, 4) is 0 Å². The van der Waals surface area contributed by atoms with Crippen molar-refractivity contribution in [2.45, 2.75) is 33.7 Å². The fraction of sp³-hybridized carbons (Fsp3) is 0.571. The van der Waals surface area contributed by atoms with Crippen molar-refractivity contribution in [1.29, 1.82) is 0 Å². The van der Waals surface area contributed by atoms with Gasteiger partial charge in [0.2, 0.25) is 0 Å². The summed E-state index contributed by atoms with van der Waals surface area (Å²) in [5, 5.41) is 3.58. The first-order valence-corrected chi connectivity index (χ1v) is 7.22. The lowest BCUT2D eigenvalue weighted by molar-refractivity contribution is 0.603. The van der Waals surface area contributed by atoms with Gasteiger partial charge in [-0.15, -0.1) is 0 Å². The van der Waals surface area contributed by atoms with E-state index in [9.17, 15) is 0 Å². The second-order valence-electron chi connectivity index (χ2n) is 4.13. The van der Waals surface area contributed by atoms with Gasteiger partial charge in [-0.25, -0.2) is 0 Å². The van der Waals surface area contributed by atoms with Crippen LogP contribution in [-0.2, 0) is 0 Å². The molecule has 1 N–H and O–H groups in total. The van der Waals surface area contributed by atoms with Crippen LogP contribution in [0.1, 0.15) is 36.6 Å². The minimum absolute atomic E-state index is 0.495. The second-order valence-corrected chi connectivity index (χ2v) is 5.45. The summed E-state index contributed by atoms with van der Waals surface area (Å²) in [6, 6.07) is 7.23. The summed E-state index contributed by atoms with van der Waals surface area (Å²) in [6.07, 6.45) is 0. The molecule has 1 aromatic rings. The van der Waals surface area contributed by atoms with Gasteiger partial charge < -0.3 is 5.32 Å². The molecule has 0 bridgehead atoms. The van der Waals surface area contributed by atoms with Crippen molar-refractivity contribution in [1.82, 2.24) is 5.32 Å². The highest BCUT2D eigenvalue weighted by molar-refractivity contribution is 7.99. The molecule has 1 atom stereocenters. The molecule has 0 spiro atoms. The number of nitrogens with one attached hydrogen (secondary N) is 1. The van der Waals surface area contributed by atoms with Crippen LogP contribution in [0.25, 0.3) is 0 Å². The van der Waals surface area contributed by atoms with Crippen molar-refractivity contribution in [2.24, 2.45) is 0 Å². The number of thioether (sulfide) groups is 1. The molecule has 0 saturated carbocycles. The van der Waals surface area contributed by atoms with Gasteiger partial charge in [0.05, 0.1) is 0 Å². The van der Waals surface area contributed by atoms with E-state index in [4.69, 9.17) is 0 Å². The molecule has 0 fully saturated rings. The molecule has 16 heavy (non-hydrogen) atoms. The van der Waals surface area contributed by atoms with E-state index in [1.54, 1.807) is 0 Å². The van der Waals surface area contributed by atoms with Crippen LogP contribution in [0.5, 0.6) is 0 Å². The molecular formula is C14H23NS. The summed E-state index contributed by atoms with van der Waals surface area (Å²) < 4.78 is 0. The molecule has 1 aromatic carbocycles. The van der Waals surface area contributed by atoms with E-state index in [-0.39, 0.29) is 0 Å². The van der Waals surface area contributed by atoms with Crippen LogP contribution in [0.2, 0.25) is 0 Å². The van der Waals surface area contributed by atoms with Crippen LogP contribution in [0, 0.1) is 13.8 Å². The Bertz CT molecular complexity index is 323. The number of aryl methyl sites for hydroxylation is 2. The minimum Gasteiger partial charge on any atom is -0.310 e. The standard InChI is InChI=1S/C14H23NS/c1-5-15-14(10-16-6-2)13-9-11(3)7-8-12(13)4/h7-9,14-15H,5-6,10H2,1-4H3. The van der Waals surface area contributed by atoms with E-state index in [0.717, 1.165) is 12.3 Å². The first-order valence-electron chi connectivity index (χ1n) is 6.07. The SMILES string of the molecule is CCNC(CSCC)c1cc(C)ccc1C. The summed E-state index contributed by atoms with van der Waals surface area (Å²) in [5.41, 5.74) is 4.21. The van der Waals surface area contributed by atoms with E-state index in [1.165, 1.54) is 22.4 Å². The zero-order valence-corrected chi connectivity index (χ0v) is 11.7. The lowest BCUT2D eigenvalue weighted by Gasteiger charge is -2.20. The minimum atomic E-state index is 0.495. The first kappa shape index (κ1) is 13.6. The maximum absolute atomic E-state index is 3.58. The number of rotatable bonds is 6. The van der Waals surface area contributed by atoms with Gasteiger partial charge in [-0.1, -0.05) is 37.6 Å². The fourth-order valence-corrected chi connectivity index (χ4v) is 2.64. The molecule has 0 aliphatic heterocycles.